The number of carbonyl (C=O) groups is 1. The first kappa shape index (κ1) is 16.7. The molecule has 3 unspecified atom stereocenters. The van der Waals surface area contributed by atoms with Crippen molar-refractivity contribution < 1.29 is 24.1 Å². The minimum absolute atomic E-state index is 0.0602. The van der Waals surface area contributed by atoms with E-state index in [0.29, 0.717) is 18.6 Å². The molecule has 1 aliphatic heterocycles. The molecule has 0 saturated carbocycles. The van der Waals surface area contributed by atoms with Crippen molar-refractivity contribution in [3.8, 4) is 5.75 Å². The predicted octanol–water partition coefficient (Wildman–Crippen LogP) is 0.0572. The Labute approximate surface area is 128 Å². The van der Waals surface area contributed by atoms with Crippen molar-refractivity contribution in [2.75, 3.05) is 13.2 Å². The number of nitrogens with one attached hydrogen (secondary N) is 1. The van der Waals surface area contributed by atoms with Crippen molar-refractivity contribution in [1.82, 2.24) is 5.32 Å². The summed E-state index contributed by atoms with van der Waals surface area (Å²) in [6, 6.07) is 3.00. The molecule has 22 heavy (non-hydrogen) atoms. The maximum Gasteiger partial charge on any atom is 0.237 e. The third-order valence-electron chi connectivity index (χ3n) is 4.03. The summed E-state index contributed by atoms with van der Waals surface area (Å²) < 4.78 is 18.5. The maximum atomic E-state index is 13.2. The van der Waals surface area contributed by atoms with E-state index in [1.54, 1.807) is 6.92 Å². The number of halogens is 1. The summed E-state index contributed by atoms with van der Waals surface area (Å²) >= 11 is 0. The molecule has 3 atom stereocenters. The van der Waals surface area contributed by atoms with E-state index in [-0.39, 0.29) is 19.1 Å². The van der Waals surface area contributed by atoms with Crippen molar-refractivity contribution in [1.29, 1.82) is 0 Å². The van der Waals surface area contributed by atoms with Crippen LogP contribution in [0, 0.1) is 5.82 Å². The largest absolute Gasteiger partial charge is 0.505 e. The summed E-state index contributed by atoms with van der Waals surface area (Å²) in [6.45, 7) is 2.26. The van der Waals surface area contributed by atoms with Gasteiger partial charge in [-0.05, 0) is 31.0 Å². The SMILES string of the molecule is CC1OCCC1(O)CNC(=O)C(N)Cc1ccc(O)c(F)c1. The smallest absolute Gasteiger partial charge is 0.237 e. The van der Waals surface area contributed by atoms with E-state index in [1.807, 2.05) is 0 Å². The number of amides is 1. The third-order valence-corrected chi connectivity index (χ3v) is 4.03. The first-order valence-corrected chi connectivity index (χ1v) is 7.16. The zero-order chi connectivity index (χ0) is 16.3. The lowest BCUT2D eigenvalue weighted by Gasteiger charge is -2.26. The number of benzene rings is 1. The molecule has 1 amide bonds. The first-order valence-electron chi connectivity index (χ1n) is 7.16. The average molecular weight is 312 g/mol. The number of phenols is 1. The molecule has 1 aromatic carbocycles. The van der Waals surface area contributed by atoms with Crippen LogP contribution in [0.15, 0.2) is 18.2 Å². The Hall–Kier alpha value is -1.70. The van der Waals surface area contributed by atoms with Crippen LogP contribution in [0.3, 0.4) is 0 Å². The molecule has 0 bridgehead atoms. The van der Waals surface area contributed by atoms with E-state index in [4.69, 9.17) is 15.6 Å². The molecule has 0 aliphatic carbocycles. The lowest BCUT2D eigenvalue weighted by molar-refractivity contribution is -0.124. The molecule has 7 heteroatoms. The molecule has 1 aliphatic rings. The molecule has 0 spiro atoms. The van der Waals surface area contributed by atoms with Gasteiger partial charge >= 0.3 is 0 Å². The minimum Gasteiger partial charge on any atom is -0.505 e. The Morgan fingerprint density at radius 2 is 2.36 bits per heavy atom. The zero-order valence-electron chi connectivity index (χ0n) is 12.4. The highest BCUT2D eigenvalue weighted by Crippen LogP contribution is 2.24. The summed E-state index contributed by atoms with van der Waals surface area (Å²) in [5.74, 6) is -1.63. The quantitative estimate of drug-likeness (QED) is 0.615. The summed E-state index contributed by atoms with van der Waals surface area (Å²) in [6.07, 6.45) is 0.232. The monoisotopic (exact) mass is 312 g/mol. The van der Waals surface area contributed by atoms with Crippen molar-refractivity contribution in [3.63, 3.8) is 0 Å². The second-order valence-corrected chi connectivity index (χ2v) is 5.68. The van der Waals surface area contributed by atoms with Crippen molar-refractivity contribution >= 4 is 5.91 Å². The minimum atomic E-state index is -1.08. The first-order chi connectivity index (χ1) is 10.3. The van der Waals surface area contributed by atoms with E-state index in [2.05, 4.69) is 5.32 Å². The lowest BCUT2D eigenvalue weighted by Crippen LogP contribution is -2.51. The number of rotatable bonds is 5. The van der Waals surface area contributed by atoms with Crippen LogP contribution in [0.1, 0.15) is 18.9 Å². The summed E-state index contributed by atoms with van der Waals surface area (Å²) in [4.78, 5) is 12.0. The molecular formula is C15H21FN2O4. The van der Waals surface area contributed by atoms with Gasteiger partial charge in [0.15, 0.2) is 11.6 Å². The number of nitrogens with two attached hydrogens (primary N) is 1. The fourth-order valence-corrected chi connectivity index (χ4v) is 2.40. The van der Waals surface area contributed by atoms with Crippen LogP contribution < -0.4 is 11.1 Å². The van der Waals surface area contributed by atoms with Crippen LogP contribution in [-0.2, 0) is 16.0 Å². The zero-order valence-corrected chi connectivity index (χ0v) is 12.4. The number of aromatic hydroxyl groups is 1. The van der Waals surface area contributed by atoms with Gasteiger partial charge in [-0.3, -0.25) is 4.79 Å². The maximum absolute atomic E-state index is 13.2. The van der Waals surface area contributed by atoms with Crippen LogP contribution in [0.2, 0.25) is 0 Å². The van der Waals surface area contributed by atoms with Crippen LogP contribution in [-0.4, -0.2) is 47.0 Å². The number of hydrogen-bond acceptors (Lipinski definition) is 5. The van der Waals surface area contributed by atoms with Crippen LogP contribution in [0.25, 0.3) is 0 Å². The molecule has 0 radical (unpaired) electrons. The molecule has 1 heterocycles. The van der Waals surface area contributed by atoms with Crippen molar-refractivity contribution in [2.24, 2.45) is 5.73 Å². The predicted molar refractivity (Wildman–Crippen MR) is 77.7 cm³/mol. The van der Waals surface area contributed by atoms with Gasteiger partial charge in [0, 0.05) is 19.6 Å². The van der Waals surface area contributed by atoms with Gasteiger partial charge in [0.05, 0.1) is 12.1 Å². The molecule has 1 saturated heterocycles. The lowest BCUT2D eigenvalue weighted by atomic mass is 9.96. The number of hydrogen-bond donors (Lipinski definition) is 4. The van der Waals surface area contributed by atoms with Crippen molar-refractivity contribution in [2.45, 2.75) is 37.5 Å². The molecule has 1 aromatic rings. The van der Waals surface area contributed by atoms with Crippen LogP contribution in [0.4, 0.5) is 4.39 Å². The number of ether oxygens (including phenoxy) is 1. The highest BCUT2D eigenvalue weighted by atomic mass is 19.1. The van der Waals surface area contributed by atoms with E-state index in [0.717, 1.165) is 6.07 Å². The Morgan fingerprint density at radius 3 is 2.95 bits per heavy atom. The van der Waals surface area contributed by atoms with E-state index in [1.165, 1.54) is 12.1 Å². The summed E-state index contributed by atoms with van der Waals surface area (Å²) in [5.41, 5.74) is 5.22. The average Bonchev–Trinajstić information content (AvgIpc) is 2.80. The van der Waals surface area contributed by atoms with Gasteiger partial charge in [0.25, 0.3) is 0 Å². The Balaban J connectivity index is 1.88. The fraction of sp³-hybridized carbons (Fsp3) is 0.533. The molecule has 2 rings (SSSR count). The highest BCUT2D eigenvalue weighted by Gasteiger charge is 2.39. The summed E-state index contributed by atoms with van der Waals surface area (Å²) in [5, 5.41) is 22.0. The van der Waals surface area contributed by atoms with E-state index >= 15 is 0 Å². The van der Waals surface area contributed by atoms with Gasteiger partial charge in [0.2, 0.25) is 5.91 Å². The molecular weight excluding hydrogens is 291 g/mol. The second-order valence-electron chi connectivity index (χ2n) is 5.68. The van der Waals surface area contributed by atoms with Gasteiger partial charge in [-0.1, -0.05) is 6.07 Å². The fourth-order valence-electron chi connectivity index (χ4n) is 2.40. The number of carbonyl (C=O) groups excluding carboxylic acids is 1. The Morgan fingerprint density at radius 1 is 1.64 bits per heavy atom. The second kappa shape index (κ2) is 6.60. The van der Waals surface area contributed by atoms with Gasteiger partial charge in [-0.15, -0.1) is 0 Å². The highest BCUT2D eigenvalue weighted by molar-refractivity contribution is 5.81. The molecule has 1 fully saturated rings. The summed E-state index contributed by atoms with van der Waals surface area (Å²) in [7, 11) is 0. The normalized spacial score (nSPS) is 25.9. The Bertz CT molecular complexity index is 554. The topological polar surface area (TPSA) is 105 Å². The van der Waals surface area contributed by atoms with Gasteiger partial charge in [0.1, 0.15) is 5.60 Å². The third kappa shape index (κ3) is 3.73. The Kier molecular flexibility index (Phi) is 5.00. The van der Waals surface area contributed by atoms with Crippen molar-refractivity contribution in [3.05, 3.63) is 29.6 Å². The van der Waals surface area contributed by atoms with E-state index < -0.39 is 29.1 Å². The molecule has 6 nitrogen and oxygen atoms in total. The standard InChI is InChI=1S/C15H21FN2O4/c1-9-15(21,4-5-22-9)8-18-14(20)12(17)7-10-2-3-13(19)11(16)6-10/h2-3,6,9,12,19,21H,4-5,7-8,17H2,1H3,(H,18,20). The van der Waals surface area contributed by atoms with Gasteiger partial charge in [-0.25, -0.2) is 4.39 Å². The number of aliphatic hydroxyl groups is 1. The van der Waals surface area contributed by atoms with Gasteiger partial charge < -0.3 is 26.0 Å². The molecule has 122 valence electrons. The number of phenolic OH excluding ortho intramolecular Hbond substituents is 1. The van der Waals surface area contributed by atoms with Gasteiger partial charge in [-0.2, -0.15) is 0 Å². The molecule has 0 aromatic heterocycles. The van der Waals surface area contributed by atoms with Crippen LogP contribution >= 0.6 is 0 Å². The molecule has 5 N–H and O–H groups in total. The van der Waals surface area contributed by atoms with E-state index in [9.17, 15) is 14.3 Å². The van der Waals surface area contributed by atoms with Crippen LogP contribution in [0.5, 0.6) is 5.75 Å².